The van der Waals surface area contributed by atoms with E-state index in [1.165, 1.54) is 0 Å². The summed E-state index contributed by atoms with van der Waals surface area (Å²) in [6, 6.07) is 0. The lowest BCUT2D eigenvalue weighted by Gasteiger charge is -2.27. The number of nitrogens with zero attached hydrogens (tertiary/aromatic N) is 1. The lowest BCUT2D eigenvalue weighted by molar-refractivity contribution is -0.131. The molecule has 0 aromatic rings. The van der Waals surface area contributed by atoms with E-state index < -0.39 is 9.84 Å². The summed E-state index contributed by atoms with van der Waals surface area (Å²) in [6.45, 7) is 4.80. The van der Waals surface area contributed by atoms with Gasteiger partial charge in [0.25, 0.3) is 0 Å². The van der Waals surface area contributed by atoms with E-state index in [9.17, 15) is 13.2 Å². The maximum Gasteiger partial charge on any atom is 0.223 e. The van der Waals surface area contributed by atoms with Gasteiger partial charge in [-0.1, -0.05) is 6.92 Å². The molecule has 0 radical (unpaired) electrons. The first-order valence-corrected chi connectivity index (χ1v) is 7.56. The predicted molar refractivity (Wildman–Crippen MR) is 63.0 cm³/mol. The van der Waals surface area contributed by atoms with Crippen LogP contribution in [0.5, 0.6) is 0 Å². The first kappa shape index (κ1) is 13.4. The molecule has 1 amide bonds. The number of carbonyl (C=O) groups is 1. The third kappa shape index (κ3) is 4.49. The molecule has 0 aliphatic carbocycles. The van der Waals surface area contributed by atoms with E-state index in [1.54, 1.807) is 4.90 Å². The zero-order chi connectivity index (χ0) is 12.0. The molecule has 0 atom stereocenters. The Hall–Kier alpha value is -0.620. The highest BCUT2D eigenvalue weighted by Crippen LogP contribution is 2.01. The summed E-state index contributed by atoms with van der Waals surface area (Å²) >= 11 is 0. The molecule has 0 unspecified atom stereocenters. The van der Waals surface area contributed by atoms with Gasteiger partial charge in [-0.2, -0.15) is 0 Å². The first-order valence-electron chi connectivity index (χ1n) is 5.74. The number of carbonyl (C=O) groups excluding carboxylic acids is 1. The van der Waals surface area contributed by atoms with Gasteiger partial charge < -0.3 is 10.2 Å². The van der Waals surface area contributed by atoms with E-state index in [2.05, 4.69) is 5.32 Å². The minimum atomic E-state index is -3.03. The molecule has 1 fully saturated rings. The molecule has 1 N–H and O–H groups in total. The largest absolute Gasteiger partial charge is 0.340 e. The Labute approximate surface area is 97.1 Å². The predicted octanol–water partition coefficient (Wildman–Crippen LogP) is -0.367. The normalized spacial score (nSPS) is 17.4. The molecule has 0 aromatic heterocycles. The molecule has 1 aliphatic heterocycles. The van der Waals surface area contributed by atoms with Crippen molar-refractivity contribution in [1.82, 2.24) is 10.2 Å². The second-order valence-electron chi connectivity index (χ2n) is 4.03. The number of hydrogen-bond donors (Lipinski definition) is 1. The molecule has 1 rings (SSSR count). The second-order valence-corrected chi connectivity index (χ2v) is 6.34. The van der Waals surface area contributed by atoms with Gasteiger partial charge in [0.2, 0.25) is 5.91 Å². The van der Waals surface area contributed by atoms with Crippen LogP contribution >= 0.6 is 0 Å². The molecule has 0 saturated carbocycles. The van der Waals surface area contributed by atoms with Gasteiger partial charge in [0.1, 0.15) is 0 Å². The van der Waals surface area contributed by atoms with Crippen LogP contribution in [0.1, 0.15) is 19.8 Å². The van der Waals surface area contributed by atoms with E-state index in [4.69, 9.17) is 0 Å². The van der Waals surface area contributed by atoms with Crippen molar-refractivity contribution < 1.29 is 13.2 Å². The molecule has 0 spiro atoms. The third-order valence-corrected chi connectivity index (χ3v) is 4.47. The first-order chi connectivity index (χ1) is 7.55. The average molecular weight is 248 g/mol. The monoisotopic (exact) mass is 248 g/mol. The van der Waals surface area contributed by atoms with Crippen LogP contribution in [0.15, 0.2) is 0 Å². The van der Waals surface area contributed by atoms with Gasteiger partial charge in [-0.25, -0.2) is 8.42 Å². The maximum atomic E-state index is 11.7. The molecule has 94 valence electrons. The number of piperazine rings is 1. The SMILES string of the molecule is CCCS(=O)(=O)CCC(=O)N1CCNCC1. The lowest BCUT2D eigenvalue weighted by Crippen LogP contribution is -2.46. The number of hydrogen-bond acceptors (Lipinski definition) is 4. The molecule has 1 aliphatic rings. The van der Waals surface area contributed by atoms with Gasteiger partial charge in [0.05, 0.1) is 5.75 Å². The molecule has 6 heteroatoms. The van der Waals surface area contributed by atoms with Crippen LogP contribution in [0.3, 0.4) is 0 Å². The van der Waals surface area contributed by atoms with E-state index in [0.717, 1.165) is 13.1 Å². The number of sulfone groups is 1. The van der Waals surface area contributed by atoms with Crippen molar-refractivity contribution in [2.75, 3.05) is 37.7 Å². The molecule has 16 heavy (non-hydrogen) atoms. The molecular formula is C10H20N2O3S. The Morgan fingerprint density at radius 1 is 1.25 bits per heavy atom. The lowest BCUT2D eigenvalue weighted by atomic mass is 10.3. The second kappa shape index (κ2) is 6.20. The van der Waals surface area contributed by atoms with Crippen LogP contribution in [0.25, 0.3) is 0 Å². The highest BCUT2D eigenvalue weighted by Gasteiger charge is 2.18. The summed E-state index contributed by atoms with van der Waals surface area (Å²) < 4.78 is 22.9. The highest BCUT2D eigenvalue weighted by atomic mass is 32.2. The Morgan fingerprint density at radius 2 is 1.88 bits per heavy atom. The number of rotatable bonds is 5. The summed E-state index contributed by atoms with van der Waals surface area (Å²) in [6.07, 6.45) is 0.743. The average Bonchev–Trinajstić information content (AvgIpc) is 2.27. The fourth-order valence-electron chi connectivity index (χ4n) is 1.73. The number of nitrogens with one attached hydrogen (secondary N) is 1. The van der Waals surface area contributed by atoms with Crippen LogP contribution in [-0.4, -0.2) is 56.9 Å². The van der Waals surface area contributed by atoms with Crippen LogP contribution in [0.4, 0.5) is 0 Å². The van der Waals surface area contributed by atoms with E-state index in [-0.39, 0.29) is 23.8 Å². The summed E-state index contributed by atoms with van der Waals surface area (Å²) in [5.74, 6) is 0.131. The van der Waals surface area contributed by atoms with Crippen LogP contribution in [0, 0.1) is 0 Å². The van der Waals surface area contributed by atoms with Gasteiger partial charge in [0.15, 0.2) is 9.84 Å². The minimum Gasteiger partial charge on any atom is -0.340 e. The highest BCUT2D eigenvalue weighted by molar-refractivity contribution is 7.91. The smallest absolute Gasteiger partial charge is 0.223 e. The topological polar surface area (TPSA) is 66.5 Å². The Kier molecular flexibility index (Phi) is 5.21. The van der Waals surface area contributed by atoms with E-state index in [1.807, 2.05) is 6.92 Å². The van der Waals surface area contributed by atoms with Crippen LogP contribution in [0.2, 0.25) is 0 Å². The molecular weight excluding hydrogens is 228 g/mol. The van der Waals surface area contributed by atoms with Crippen LogP contribution < -0.4 is 5.32 Å². The third-order valence-electron chi connectivity index (χ3n) is 2.61. The number of amides is 1. The van der Waals surface area contributed by atoms with Crippen molar-refractivity contribution in [2.45, 2.75) is 19.8 Å². The van der Waals surface area contributed by atoms with Crippen molar-refractivity contribution in [3.63, 3.8) is 0 Å². The Balaban J connectivity index is 2.34. The van der Waals surface area contributed by atoms with Crippen molar-refractivity contribution in [2.24, 2.45) is 0 Å². The summed E-state index contributed by atoms with van der Waals surface area (Å²) in [4.78, 5) is 13.4. The summed E-state index contributed by atoms with van der Waals surface area (Å²) in [7, 11) is -3.03. The quantitative estimate of drug-likeness (QED) is 0.721. The molecule has 1 heterocycles. The van der Waals surface area contributed by atoms with E-state index in [0.29, 0.717) is 19.5 Å². The van der Waals surface area contributed by atoms with Gasteiger partial charge in [-0.3, -0.25) is 4.79 Å². The Bertz CT molecular complexity index is 321. The zero-order valence-corrected chi connectivity index (χ0v) is 10.6. The standard InChI is InChI=1S/C10H20N2O3S/c1-2-8-16(14,15)9-3-10(13)12-6-4-11-5-7-12/h11H,2-9H2,1H3. The van der Waals surface area contributed by atoms with Gasteiger partial charge in [0, 0.05) is 38.4 Å². The van der Waals surface area contributed by atoms with E-state index >= 15 is 0 Å². The minimum absolute atomic E-state index is 0.0103. The van der Waals surface area contributed by atoms with Crippen molar-refractivity contribution >= 4 is 15.7 Å². The fourth-order valence-corrected chi connectivity index (χ4v) is 3.04. The van der Waals surface area contributed by atoms with Gasteiger partial charge >= 0.3 is 0 Å². The molecule has 0 aromatic carbocycles. The summed E-state index contributed by atoms with van der Waals surface area (Å²) in [5, 5.41) is 3.15. The zero-order valence-electron chi connectivity index (χ0n) is 9.74. The van der Waals surface area contributed by atoms with Gasteiger partial charge in [-0.15, -0.1) is 0 Å². The van der Waals surface area contributed by atoms with Gasteiger partial charge in [-0.05, 0) is 6.42 Å². The van der Waals surface area contributed by atoms with Crippen LogP contribution in [-0.2, 0) is 14.6 Å². The maximum absolute atomic E-state index is 11.7. The summed E-state index contributed by atoms with van der Waals surface area (Å²) in [5.41, 5.74) is 0. The van der Waals surface area contributed by atoms with Crippen molar-refractivity contribution in [3.8, 4) is 0 Å². The molecule has 0 bridgehead atoms. The molecule has 1 saturated heterocycles. The van der Waals surface area contributed by atoms with Crippen molar-refractivity contribution in [1.29, 1.82) is 0 Å². The molecule has 5 nitrogen and oxygen atoms in total. The fraction of sp³-hybridized carbons (Fsp3) is 0.900. The Morgan fingerprint density at radius 3 is 2.44 bits per heavy atom. The van der Waals surface area contributed by atoms with Crippen molar-refractivity contribution in [3.05, 3.63) is 0 Å².